The van der Waals surface area contributed by atoms with Gasteiger partial charge in [-0.05, 0) is 66.9 Å². The minimum Gasteiger partial charge on any atom is -0.497 e. The molecule has 1 aliphatic heterocycles. The van der Waals surface area contributed by atoms with Gasteiger partial charge in [0.25, 0.3) is 5.91 Å². The van der Waals surface area contributed by atoms with Gasteiger partial charge in [-0.3, -0.25) is 14.5 Å². The smallest absolute Gasteiger partial charge is 0.255 e. The maximum atomic E-state index is 13.9. The summed E-state index contributed by atoms with van der Waals surface area (Å²) in [5.41, 5.74) is 4.15. The van der Waals surface area contributed by atoms with Gasteiger partial charge in [0.1, 0.15) is 18.3 Å². The van der Waals surface area contributed by atoms with Crippen molar-refractivity contribution in [1.29, 1.82) is 0 Å². The molecule has 0 radical (unpaired) electrons. The van der Waals surface area contributed by atoms with Crippen LogP contribution in [0.1, 0.15) is 22.7 Å². The van der Waals surface area contributed by atoms with Crippen LogP contribution in [0.2, 0.25) is 0 Å². The van der Waals surface area contributed by atoms with Crippen molar-refractivity contribution in [3.05, 3.63) is 87.9 Å². The Kier molecular flexibility index (Phi) is 5.83. The first-order valence-corrected chi connectivity index (χ1v) is 10.8. The molecular formula is C25H23BrN2O3. The van der Waals surface area contributed by atoms with Crippen molar-refractivity contribution in [2.75, 3.05) is 23.5 Å². The minimum absolute atomic E-state index is 0.00670. The van der Waals surface area contributed by atoms with Crippen LogP contribution in [0.5, 0.6) is 5.75 Å². The Morgan fingerprint density at radius 1 is 0.903 bits per heavy atom. The SMILES string of the molecule is COc1ccc([C@@H]2C(=O)N(c3c(C)cccc3C)CC(=O)N2c2ccc(Br)cc2)cc1. The number of carbonyl (C=O) groups is 2. The second-order valence-corrected chi connectivity index (χ2v) is 8.50. The lowest BCUT2D eigenvalue weighted by molar-refractivity contribution is -0.128. The van der Waals surface area contributed by atoms with Gasteiger partial charge in [0.05, 0.1) is 12.8 Å². The third-order valence-electron chi connectivity index (χ3n) is 5.57. The Hall–Kier alpha value is -3.12. The molecule has 0 aromatic heterocycles. The number of anilines is 2. The maximum Gasteiger partial charge on any atom is 0.255 e. The Bertz CT molecular complexity index is 1110. The van der Waals surface area contributed by atoms with Gasteiger partial charge in [0, 0.05) is 10.2 Å². The molecule has 1 saturated heterocycles. The molecule has 0 spiro atoms. The van der Waals surface area contributed by atoms with Crippen LogP contribution in [-0.2, 0) is 9.59 Å². The lowest BCUT2D eigenvalue weighted by Crippen LogP contribution is -2.56. The van der Waals surface area contributed by atoms with Crippen LogP contribution in [0.3, 0.4) is 0 Å². The van der Waals surface area contributed by atoms with Gasteiger partial charge in [-0.15, -0.1) is 0 Å². The largest absolute Gasteiger partial charge is 0.497 e. The third kappa shape index (κ3) is 3.95. The van der Waals surface area contributed by atoms with Crippen LogP contribution in [-0.4, -0.2) is 25.5 Å². The summed E-state index contributed by atoms with van der Waals surface area (Å²) in [4.78, 5) is 30.5. The molecule has 4 rings (SSSR count). The van der Waals surface area contributed by atoms with Crippen molar-refractivity contribution in [3.63, 3.8) is 0 Å². The Balaban J connectivity index is 1.84. The minimum atomic E-state index is -0.771. The molecule has 1 atom stereocenters. The van der Waals surface area contributed by atoms with Crippen LogP contribution >= 0.6 is 15.9 Å². The topological polar surface area (TPSA) is 49.9 Å². The number of ether oxygens (including phenoxy) is 1. The summed E-state index contributed by atoms with van der Waals surface area (Å²) in [7, 11) is 1.60. The summed E-state index contributed by atoms with van der Waals surface area (Å²) in [5.74, 6) is 0.426. The zero-order valence-electron chi connectivity index (χ0n) is 17.6. The quantitative estimate of drug-likeness (QED) is 0.517. The number of methoxy groups -OCH3 is 1. The van der Waals surface area contributed by atoms with E-state index in [4.69, 9.17) is 4.74 Å². The molecule has 6 heteroatoms. The second-order valence-electron chi connectivity index (χ2n) is 7.58. The van der Waals surface area contributed by atoms with E-state index in [1.165, 1.54) is 0 Å². The summed E-state index contributed by atoms with van der Waals surface area (Å²) in [5, 5.41) is 0. The second kappa shape index (κ2) is 8.55. The number of benzene rings is 3. The van der Waals surface area contributed by atoms with E-state index in [9.17, 15) is 9.59 Å². The zero-order valence-corrected chi connectivity index (χ0v) is 19.2. The average molecular weight is 479 g/mol. The first kappa shape index (κ1) is 21.1. The highest BCUT2D eigenvalue weighted by Crippen LogP contribution is 2.37. The zero-order chi connectivity index (χ0) is 22.1. The summed E-state index contributed by atoms with van der Waals surface area (Å²) >= 11 is 3.44. The van der Waals surface area contributed by atoms with Gasteiger partial charge in [-0.2, -0.15) is 0 Å². The summed E-state index contributed by atoms with van der Waals surface area (Å²) < 4.78 is 6.18. The van der Waals surface area contributed by atoms with Gasteiger partial charge >= 0.3 is 0 Å². The van der Waals surface area contributed by atoms with Gasteiger partial charge in [0.15, 0.2) is 0 Å². The number of nitrogens with zero attached hydrogens (tertiary/aromatic N) is 2. The number of rotatable bonds is 4. The molecule has 0 saturated carbocycles. The van der Waals surface area contributed by atoms with E-state index in [0.717, 1.165) is 26.9 Å². The van der Waals surface area contributed by atoms with E-state index in [0.29, 0.717) is 11.4 Å². The van der Waals surface area contributed by atoms with Crippen LogP contribution in [0.4, 0.5) is 11.4 Å². The van der Waals surface area contributed by atoms with E-state index < -0.39 is 6.04 Å². The fourth-order valence-electron chi connectivity index (χ4n) is 4.08. The number of amides is 2. The summed E-state index contributed by atoms with van der Waals surface area (Å²) in [6.07, 6.45) is 0. The highest BCUT2D eigenvalue weighted by atomic mass is 79.9. The van der Waals surface area contributed by atoms with E-state index >= 15 is 0 Å². The molecular weight excluding hydrogens is 456 g/mol. The highest BCUT2D eigenvalue weighted by molar-refractivity contribution is 9.10. The van der Waals surface area contributed by atoms with Crippen molar-refractivity contribution in [3.8, 4) is 5.75 Å². The fourth-order valence-corrected chi connectivity index (χ4v) is 4.35. The molecule has 158 valence electrons. The molecule has 1 fully saturated rings. The van der Waals surface area contributed by atoms with Gasteiger partial charge < -0.3 is 9.64 Å². The molecule has 0 unspecified atom stereocenters. The lowest BCUT2D eigenvalue weighted by atomic mass is 9.97. The van der Waals surface area contributed by atoms with Crippen molar-refractivity contribution in [2.24, 2.45) is 0 Å². The number of para-hydroxylation sites is 1. The highest BCUT2D eigenvalue weighted by Gasteiger charge is 2.42. The van der Waals surface area contributed by atoms with Crippen molar-refractivity contribution in [2.45, 2.75) is 19.9 Å². The molecule has 2 amide bonds. The van der Waals surface area contributed by atoms with Crippen molar-refractivity contribution in [1.82, 2.24) is 0 Å². The number of halogens is 1. The van der Waals surface area contributed by atoms with Crippen LogP contribution in [0, 0.1) is 13.8 Å². The predicted molar refractivity (Wildman–Crippen MR) is 126 cm³/mol. The average Bonchev–Trinajstić information content (AvgIpc) is 2.76. The van der Waals surface area contributed by atoms with Crippen molar-refractivity contribution < 1.29 is 14.3 Å². The molecule has 0 N–H and O–H groups in total. The van der Waals surface area contributed by atoms with Crippen molar-refractivity contribution >= 4 is 39.1 Å². The van der Waals surface area contributed by atoms with Gasteiger partial charge in [0.2, 0.25) is 5.91 Å². The molecule has 5 nitrogen and oxygen atoms in total. The standard InChI is InChI=1S/C25H23BrN2O3/c1-16-5-4-6-17(2)23(16)27-15-22(29)28(20-11-9-19(26)10-12-20)24(25(27)30)18-7-13-21(31-3)14-8-18/h4-14,24H,15H2,1-3H3/t24-/m1/s1. The predicted octanol–water partition coefficient (Wildman–Crippen LogP) is 5.20. The van der Waals surface area contributed by atoms with Gasteiger partial charge in [-0.1, -0.05) is 46.3 Å². The maximum absolute atomic E-state index is 13.9. The number of aryl methyl sites for hydroxylation is 2. The molecule has 3 aromatic carbocycles. The normalized spacial score (nSPS) is 16.6. The fraction of sp³-hybridized carbons (Fsp3) is 0.200. The summed E-state index contributed by atoms with van der Waals surface area (Å²) in [6, 6.07) is 19.9. The van der Waals surface area contributed by atoms with Crippen LogP contribution < -0.4 is 14.5 Å². The number of piperazine rings is 1. The summed E-state index contributed by atoms with van der Waals surface area (Å²) in [6.45, 7) is 3.92. The first-order valence-electron chi connectivity index (χ1n) is 10.00. The molecule has 31 heavy (non-hydrogen) atoms. The third-order valence-corrected chi connectivity index (χ3v) is 6.09. The number of carbonyl (C=O) groups excluding carboxylic acids is 2. The molecule has 0 aliphatic carbocycles. The van der Waals surface area contributed by atoms with E-state index in [-0.39, 0.29) is 18.4 Å². The van der Waals surface area contributed by atoms with Crippen LogP contribution in [0.25, 0.3) is 0 Å². The monoisotopic (exact) mass is 478 g/mol. The lowest BCUT2D eigenvalue weighted by Gasteiger charge is -2.41. The Labute approximate surface area is 190 Å². The first-order chi connectivity index (χ1) is 14.9. The van der Waals surface area contributed by atoms with E-state index in [1.54, 1.807) is 16.9 Å². The van der Waals surface area contributed by atoms with E-state index in [2.05, 4.69) is 15.9 Å². The number of hydrogen-bond donors (Lipinski definition) is 0. The Morgan fingerprint density at radius 2 is 1.52 bits per heavy atom. The number of hydrogen-bond acceptors (Lipinski definition) is 3. The molecule has 1 aliphatic rings. The Morgan fingerprint density at radius 3 is 2.10 bits per heavy atom. The molecule has 3 aromatic rings. The van der Waals surface area contributed by atoms with Gasteiger partial charge in [-0.25, -0.2) is 0 Å². The molecule has 0 bridgehead atoms. The molecule has 1 heterocycles. The van der Waals surface area contributed by atoms with E-state index in [1.807, 2.05) is 80.6 Å². The van der Waals surface area contributed by atoms with Crippen LogP contribution in [0.15, 0.2) is 71.2 Å².